The molecule has 0 aliphatic heterocycles. The molecule has 1 aromatic heterocycles. The van der Waals surface area contributed by atoms with Crippen LogP contribution < -0.4 is 5.32 Å². The molecule has 0 saturated heterocycles. The van der Waals surface area contributed by atoms with E-state index in [2.05, 4.69) is 17.2 Å². The summed E-state index contributed by atoms with van der Waals surface area (Å²) in [4.78, 5) is 4.60. The molecule has 0 saturated carbocycles. The van der Waals surface area contributed by atoms with Gasteiger partial charge in [-0.25, -0.2) is 4.98 Å². The zero-order chi connectivity index (χ0) is 15.2. The second-order valence-electron chi connectivity index (χ2n) is 4.90. The number of aliphatic hydroxyl groups is 1. The molecule has 0 bridgehead atoms. The number of rotatable bonds is 7. The molecular weight excluding hydrogens is 327 g/mol. The minimum Gasteiger partial charge on any atom is -0.396 e. The van der Waals surface area contributed by atoms with Crippen LogP contribution in [-0.2, 0) is 6.54 Å². The molecule has 1 heterocycles. The molecule has 0 aliphatic rings. The van der Waals surface area contributed by atoms with Crippen LogP contribution in [-0.4, -0.2) is 22.7 Å². The van der Waals surface area contributed by atoms with Crippen LogP contribution in [0, 0.1) is 0 Å². The van der Waals surface area contributed by atoms with E-state index in [0.717, 1.165) is 35.7 Å². The molecule has 0 aliphatic carbocycles. The largest absolute Gasteiger partial charge is 0.396 e. The lowest BCUT2D eigenvalue weighted by molar-refractivity contribution is 0.276. The van der Waals surface area contributed by atoms with Crippen LogP contribution in [0.2, 0.25) is 10.0 Å². The summed E-state index contributed by atoms with van der Waals surface area (Å²) in [6, 6.07) is 5.75. The summed E-state index contributed by atoms with van der Waals surface area (Å²) < 4.78 is 0. The van der Waals surface area contributed by atoms with Gasteiger partial charge < -0.3 is 10.4 Å². The van der Waals surface area contributed by atoms with Crippen LogP contribution in [0.25, 0.3) is 11.3 Å². The molecule has 1 aromatic carbocycles. The highest BCUT2D eigenvalue weighted by atomic mass is 35.5. The van der Waals surface area contributed by atoms with Gasteiger partial charge in [-0.05, 0) is 38.0 Å². The SMILES string of the molecule is CC(CCCO)NCc1nc(-c2cc(Cl)ccc2Cl)cs1. The molecule has 2 N–H and O–H groups in total. The van der Waals surface area contributed by atoms with E-state index in [9.17, 15) is 0 Å². The lowest BCUT2D eigenvalue weighted by Crippen LogP contribution is -2.25. The smallest absolute Gasteiger partial charge is 0.107 e. The Morgan fingerprint density at radius 1 is 1.38 bits per heavy atom. The summed E-state index contributed by atoms with van der Waals surface area (Å²) in [5, 5.41) is 16.5. The van der Waals surface area contributed by atoms with E-state index in [1.165, 1.54) is 0 Å². The lowest BCUT2D eigenvalue weighted by Gasteiger charge is -2.11. The van der Waals surface area contributed by atoms with E-state index in [1.54, 1.807) is 23.5 Å². The van der Waals surface area contributed by atoms with Crippen LogP contribution >= 0.6 is 34.5 Å². The lowest BCUT2D eigenvalue weighted by atomic mass is 10.2. The van der Waals surface area contributed by atoms with Gasteiger partial charge in [-0.1, -0.05) is 23.2 Å². The fourth-order valence-electron chi connectivity index (χ4n) is 1.97. The maximum absolute atomic E-state index is 8.82. The van der Waals surface area contributed by atoms with Crippen molar-refractivity contribution < 1.29 is 5.11 Å². The Morgan fingerprint density at radius 3 is 2.95 bits per heavy atom. The summed E-state index contributed by atoms with van der Waals surface area (Å²) >= 11 is 13.8. The molecule has 0 radical (unpaired) electrons. The van der Waals surface area contributed by atoms with Crippen molar-refractivity contribution in [1.29, 1.82) is 0 Å². The van der Waals surface area contributed by atoms with Crippen molar-refractivity contribution in [3.05, 3.63) is 38.6 Å². The van der Waals surface area contributed by atoms with Crippen molar-refractivity contribution >= 4 is 34.5 Å². The second-order valence-corrected chi connectivity index (χ2v) is 6.68. The molecule has 2 rings (SSSR count). The first kappa shape index (κ1) is 16.7. The predicted octanol–water partition coefficient (Wildman–Crippen LogP) is 4.37. The topological polar surface area (TPSA) is 45.1 Å². The van der Waals surface area contributed by atoms with Gasteiger partial charge in [0.05, 0.1) is 10.7 Å². The van der Waals surface area contributed by atoms with E-state index in [1.807, 2.05) is 11.4 Å². The number of hydrogen-bond donors (Lipinski definition) is 2. The Morgan fingerprint density at radius 2 is 2.19 bits per heavy atom. The number of thiazole rings is 1. The van der Waals surface area contributed by atoms with Gasteiger partial charge in [0, 0.05) is 35.2 Å². The van der Waals surface area contributed by atoms with E-state index < -0.39 is 0 Å². The van der Waals surface area contributed by atoms with Crippen LogP contribution in [0.5, 0.6) is 0 Å². The molecule has 0 fully saturated rings. The summed E-state index contributed by atoms with van der Waals surface area (Å²) in [5.41, 5.74) is 1.72. The number of benzene rings is 1. The first-order chi connectivity index (χ1) is 10.1. The van der Waals surface area contributed by atoms with Crippen LogP contribution in [0.1, 0.15) is 24.8 Å². The van der Waals surface area contributed by atoms with Crippen LogP contribution in [0.3, 0.4) is 0 Å². The average Bonchev–Trinajstić information content (AvgIpc) is 2.94. The summed E-state index contributed by atoms with van der Waals surface area (Å²) in [7, 11) is 0. The molecule has 0 spiro atoms. The van der Waals surface area contributed by atoms with Gasteiger partial charge in [-0.3, -0.25) is 0 Å². The second kappa shape index (κ2) is 8.11. The Kier molecular flexibility index (Phi) is 6.45. The number of aliphatic hydroxyl groups excluding tert-OH is 1. The fourth-order valence-corrected chi connectivity index (χ4v) is 3.10. The molecule has 2 aromatic rings. The van der Waals surface area contributed by atoms with Gasteiger partial charge in [-0.15, -0.1) is 11.3 Å². The van der Waals surface area contributed by atoms with E-state index in [0.29, 0.717) is 16.1 Å². The van der Waals surface area contributed by atoms with Gasteiger partial charge in [-0.2, -0.15) is 0 Å². The van der Waals surface area contributed by atoms with Gasteiger partial charge in [0.25, 0.3) is 0 Å². The molecule has 1 unspecified atom stereocenters. The zero-order valence-corrected chi connectivity index (χ0v) is 14.1. The van der Waals surface area contributed by atoms with Gasteiger partial charge in [0.1, 0.15) is 5.01 Å². The highest BCUT2D eigenvalue weighted by Crippen LogP contribution is 2.31. The standard InChI is InChI=1S/C15H18Cl2N2OS/c1-10(3-2-6-20)18-8-15-19-14(9-21-15)12-7-11(16)4-5-13(12)17/h4-5,7,9-10,18,20H,2-3,6,8H2,1H3. The quantitative estimate of drug-likeness (QED) is 0.783. The Bertz CT molecular complexity index is 589. The van der Waals surface area contributed by atoms with E-state index in [-0.39, 0.29) is 6.61 Å². The van der Waals surface area contributed by atoms with Crippen molar-refractivity contribution in [3.63, 3.8) is 0 Å². The third-order valence-corrected chi connectivity index (χ3v) is 4.57. The Hall–Kier alpha value is -0.650. The first-order valence-corrected chi connectivity index (χ1v) is 8.47. The van der Waals surface area contributed by atoms with Crippen molar-refractivity contribution in [1.82, 2.24) is 10.3 Å². The van der Waals surface area contributed by atoms with Crippen LogP contribution in [0.4, 0.5) is 0 Å². The molecule has 21 heavy (non-hydrogen) atoms. The third kappa shape index (κ3) is 4.94. The van der Waals surface area contributed by atoms with Crippen molar-refractivity contribution in [2.45, 2.75) is 32.4 Å². The Labute approximate surface area is 138 Å². The first-order valence-electron chi connectivity index (χ1n) is 6.84. The molecule has 114 valence electrons. The number of halogens is 2. The zero-order valence-electron chi connectivity index (χ0n) is 11.8. The fraction of sp³-hybridized carbons (Fsp3) is 0.400. The third-order valence-electron chi connectivity index (χ3n) is 3.15. The van der Waals surface area contributed by atoms with E-state index >= 15 is 0 Å². The monoisotopic (exact) mass is 344 g/mol. The highest BCUT2D eigenvalue weighted by Gasteiger charge is 2.10. The van der Waals surface area contributed by atoms with Crippen molar-refractivity contribution in [3.8, 4) is 11.3 Å². The minimum atomic E-state index is 0.237. The molecular formula is C15H18Cl2N2OS. The number of nitrogens with zero attached hydrogens (tertiary/aromatic N) is 1. The van der Waals surface area contributed by atoms with Crippen molar-refractivity contribution in [2.24, 2.45) is 0 Å². The van der Waals surface area contributed by atoms with E-state index in [4.69, 9.17) is 28.3 Å². The van der Waals surface area contributed by atoms with Crippen LogP contribution in [0.15, 0.2) is 23.6 Å². The molecule has 3 nitrogen and oxygen atoms in total. The minimum absolute atomic E-state index is 0.237. The molecule has 6 heteroatoms. The maximum Gasteiger partial charge on any atom is 0.107 e. The predicted molar refractivity (Wildman–Crippen MR) is 90.2 cm³/mol. The highest BCUT2D eigenvalue weighted by molar-refractivity contribution is 7.09. The normalized spacial score (nSPS) is 12.6. The van der Waals surface area contributed by atoms with Gasteiger partial charge in [0.2, 0.25) is 0 Å². The van der Waals surface area contributed by atoms with Gasteiger partial charge >= 0.3 is 0 Å². The number of nitrogens with one attached hydrogen (secondary N) is 1. The van der Waals surface area contributed by atoms with Crippen molar-refractivity contribution in [2.75, 3.05) is 6.61 Å². The molecule has 1 atom stereocenters. The Balaban J connectivity index is 2.00. The summed E-state index contributed by atoms with van der Waals surface area (Å²) in [5.74, 6) is 0. The summed E-state index contributed by atoms with van der Waals surface area (Å²) in [6.07, 6.45) is 1.77. The maximum atomic E-state index is 8.82. The summed E-state index contributed by atoms with van der Waals surface area (Å²) in [6.45, 7) is 3.06. The number of aromatic nitrogens is 1. The number of hydrogen-bond acceptors (Lipinski definition) is 4. The molecule has 0 amide bonds. The van der Waals surface area contributed by atoms with Gasteiger partial charge in [0.15, 0.2) is 0 Å². The average molecular weight is 345 g/mol.